The van der Waals surface area contributed by atoms with Gasteiger partial charge in [0.25, 0.3) is 0 Å². The fourth-order valence-corrected chi connectivity index (χ4v) is 2.22. The van der Waals surface area contributed by atoms with Crippen molar-refractivity contribution in [2.45, 2.75) is 78.1 Å². The Balaban J connectivity index is 3.02. The molecule has 92 valence electrons. The van der Waals surface area contributed by atoms with Crippen LogP contribution in [0.3, 0.4) is 0 Å². The summed E-state index contributed by atoms with van der Waals surface area (Å²) < 4.78 is 0. The maximum atomic E-state index is 4.25. The molecule has 0 saturated heterocycles. The molecule has 0 bridgehead atoms. The minimum atomic E-state index is 0.924. The normalized spacial score (nSPS) is 13.0. The Morgan fingerprint density at radius 2 is 1.33 bits per heavy atom. The second-order valence-corrected chi connectivity index (χ2v) is 5.33. The Bertz CT molecular complexity index is 112. The van der Waals surface area contributed by atoms with Gasteiger partial charge in [-0.1, -0.05) is 65.2 Å². The number of rotatable bonds is 11. The maximum Gasteiger partial charge on any atom is -0.00978 e. The van der Waals surface area contributed by atoms with Crippen LogP contribution in [0, 0.1) is 5.92 Å². The van der Waals surface area contributed by atoms with Crippen LogP contribution in [0.15, 0.2) is 0 Å². The van der Waals surface area contributed by atoms with E-state index in [4.69, 9.17) is 0 Å². The first-order valence-corrected chi connectivity index (χ1v) is 7.55. The molecule has 0 saturated carbocycles. The summed E-state index contributed by atoms with van der Waals surface area (Å²) in [4.78, 5) is 0. The molecule has 0 aromatic rings. The average molecular weight is 230 g/mol. The molecule has 1 atom stereocenters. The molecule has 0 amide bonds. The smallest absolute Gasteiger partial charge is 0.00978 e. The first-order chi connectivity index (χ1) is 7.31. The number of hydrogen-bond acceptors (Lipinski definition) is 1. The number of thiol groups is 1. The molecular weight excluding hydrogens is 200 g/mol. The van der Waals surface area contributed by atoms with Crippen molar-refractivity contribution in [3.8, 4) is 0 Å². The third kappa shape index (κ3) is 12.3. The van der Waals surface area contributed by atoms with E-state index in [-0.39, 0.29) is 0 Å². The molecule has 0 aliphatic carbocycles. The highest BCUT2D eigenvalue weighted by molar-refractivity contribution is 7.80. The molecule has 0 N–H and O–H groups in total. The molecule has 0 spiro atoms. The highest BCUT2D eigenvalue weighted by atomic mass is 32.1. The van der Waals surface area contributed by atoms with Crippen LogP contribution in [0.4, 0.5) is 0 Å². The lowest BCUT2D eigenvalue weighted by Crippen LogP contribution is -1.95. The van der Waals surface area contributed by atoms with Gasteiger partial charge in [-0.05, 0) is 24.5 Å². The van der Waals surface area contributed by atoms with Gasteiger partial charge < -0.3 is 0 Å². The molecule has 0 aliphatic heterocycles. The zero-order chi connectivity index (χ0) is 11.4. The van der Waals surface area contributed by atoms with Crippen molar-refractivity contribution in [3.63, 3.8) is 0 Å². The lowest BCUT2D eigenvalue weighted by atomic mass is 9.98. The Kier molecular flexibility index (Phi) is 12.7. The lowest BCUT2D eigenvalue weighted by molar-refractivity contribution is 0.452. The van der Waals surface area contributed by atoms with Crippen molar-refractivity contribution in [3.05, 3.63) is 0 Å². The predicted octanol–water partition coefficient (Wildman–Crippen LogP) is 5.47. The summed E-state index contributed by atoms with van der Waals surface area (Å²) in [5.41, 5.74) is 0. The zero-order valence-electron chi connectivity index (χ0n) is 10.8. The third-order valence-electron chi connectivity index (χ3n) is 3.16. The van der Waals surface area contributed by atoms with Gasteiger partial charge in [-0.15, -0.1) is 0 Å². The monoisotopic (exact) mass is 230 g/mol. The highest BCUT2D eigenvalue weighted by Crippen LogP contribution is 2.16. The first-order valence-electron chi connectivity index (χ1n) is 6.92. The van der Waals surface area contributed by atoms with Crippen molar-refractivity contribution in [2.24, 2.45) is 5.92 Å². The van der Waals surface area contributed by atoms with Crippen LogP contribution in [0.5, 0.6) is 0 Å². The summed E-state index contributed by atoms with van der Waals surface area (Å²) in [7, 11) is 0. The minimum Gasteiger partial charge on any atom is -0.179 e. The van der Waals surface area contributed by atoms with Gasteiger partial charge >= 0.3 is 0 Å². The standard InChI is InChI=1S/C14H30S/c1-3-4-5-6-7-8-9-11-14(2)12-10-13-15/h14-15H,3-13H2,1-2H3. The SMILES string of the molecule is CCCCCCCCCC(C)CCCS. The van der Waals surface area contributed by atoms with Gasteiger partial charge in [-0.25, -0.2) is 0 Å². The number of unbranched alkanes of at least 4 members (excludes halogenated alkanes) is 6. The summed E-state index contributed by atoms with van der Waals surface area (Å²) in [5.74, 6) is 1.98. The van der Waals surface area contributed by atoms with Gasteiger partial charge in [0.2, 0.25) is 0 Å². The Labute approximate surface area is 103 Å². The largest absolute Gasteiger partial charge is 0.179 e. The summed E-state index contributed by atoms with van der Waals surface area (Å²) in [6, 6.07) is 0. The Morgan fingerprint density at radius 3 is 1.93 bits per heavy atom. The second kappa shape index (κ2) is 12.4. The Morgan fingerprint density at radius 1 is 0.800 bits per heavy atom. The minimum absolute atomic E-state index is 0.924. The van der Waals surface area contributed by atoms with Gasteiger partial charge in [-0.2, -0.15) is 12.6 Å². The maximum absolute atomic E-state index is 4.25. The molecule has 0 nitrogen and oxygen atoms in total. The quantitative estimate of drug-likeness (QED) is 0.353. The molecule has 15 heavy (non-hydrogen) atoms. The number of hydrogen-bond donors (Lipinski definition) is 1. The zero-order valence-corrected chi connectivity index (χ0v) is 11.7. The van der Waals surface area contributed by atoms with Crippen LogP contribution >= 0.6 is 12.6 Å². The van der Waals surface area contributed by atoms with Crippen LogP contribution in [-0.2, 0) is 0 Å². The van der Waals surface area contributed by atoms with E-state index in [9.17, 15) is 0 Å². The molecule has 0 rings (SSSR count). The van der Waals surface area contributed by atoms with E-state index in [2.05, 4.69) is 26.5 Å². The molecule has 1 unspecified atom stereocenters. The van der Waals surface area contributed by atoms with E-state index < -0.39 is 0 Å². The van der Waals surface area contributed by atoms with E-state index in [0.717, 1.165) is 11.7 Å². The summed E-state index contributed by atoms with van der Waals surface area (Å²) in [6.07, 6.45) is 14.2. The van der Waals surface area contributed by atoms with Crippen molar-refractivity contribution in [2.75, 3.05) is 5.75 Å². The van der Waals surface area contributed by atoms with Gasteiger partial charge in [0.15, 0.2) is 0 Å². The molecule has 0 radical (unpaired) electrons. The van der Waals surface area contributed by atoms with Crippen LogP contribution < -0.4 is 0 Å². The van der Waals surface area contributed by atoms with E-state index >= 15 is 0 Å². The van der Waals surface area contributed by atoms with Gasteiger partial charge in [0.05, 0.1) is 0 Å². The highest BCUT2D eigenvalue weighted by Gasteiger charge is 2.00. The Hall–Kier alpha value is 0.350. The summed E-state index contributed by atoms with van der Waals surface area (Å²) in [6.45, 7) is 4.67. The first kappa shape index (κ1) is 15.3. The molecule has 0 fully saturated rings. The van der Waals surface area contributed by atoms with Crippen LogP contribution in [0.25, 0.3) is 0 Å². The van der Waals surface area contributed by atoms with Gasteiger partial charge in [0.1, 0.15) is 0 Å². The lowest BCUT2D eigenvalue weighted by Gasteiger charge is -2.09. The van der Waals surface area contributed by atoms with Crippen molar-refractivity contribution in [1.29, 1.82) is 0 Å². The van der Waals surface area contributed by atoms with Crippen LogP contribution in [0.2, 0.25) is 0 Å². The molecule has 0 heterocycles. The molecule has 0 aromatic carbocycles. The predicted molar refractivity (Wildman–Crippen MR) is 74.9 cm³/mol. The van der Waals surface area contributed by atoms with Crippen molar-refractivity contribution >= 4 is 12.6 Å². The van der Waals surface area contributed by atoms with Gasteiger partial charge in [-0.3, -0.25) is 0 Å². The van der Waals surface area contributed by atoms with Crippen LogP contribution in [0.1, 0.15) is 78.1 Å². The second-order valence-electron chi connectivity index (χ2n) is 4.88. The van der Waals surface area contributed by atoms with E-state index in [0.29, 0.717) is 0 Å². The summed E-state index contributed by atoms with van der Waals surface area (Å²) in [5, 5.41) is 0. The van der Waals surface area contributed by atoms with E-state index in [1.54, 1.807) is 0 Å². The third-order valence-corrected chi connectivity index (χ3v) is 3.47. The van der Waals surface area contributed by atoms with E-state index in [1.807, 2.05) is 0 Å². The van der Waals surface area contributed by atoms with E-state index in [1.165, 1.54) is 64.2 Å². The van der Waals surface area contributed by atoms with Gasteiger partial charge in [0, 0.05) is 0 Å². The molecule has 0 aromatic heterocycles. The molecular formula is C14H30S. The average Bonchev–Trinajstić information content (AvgIpc) is 2.25. The fraction of sp³-hybridized carbons (Fsp3) is 1.00. The topological polar surface area (TPSA) is 0 Å². The summed E-state index contributed by atoms with van der Waals surface area (Å²) >= 11 is 4.25. The fourth-order valence-electron chi connectivity index (χ4n) is 2.03. The van der Waals surface area contributed by atoms with Crippen molar-refractivity contribution in [1.82, 2.24) is 0 Å². The molecule has 1 heteroatoms. The van der Waals surface area contributed by atoms with Crippen LogP contribution in [-0.4, -0.2) is 5.75 Å². The van der Waals surface area contributed by atoms with Crippen molar-refractivity contribution < 1.29 is 0 Å². The molecule has 0 aliphatic rings.